The van der Waals surface area contributed by atoms with E-state index in [2.05, 4.69) is 11.4 Å². The summed E-state index contributed by atoms with van der Waals surface area (Å²) in [5, 5.41) is 11.8. The summed E-state index contributed by atoms with van der Waals surface area (Å²) in [4.78, 5) is 12.8. The number of carbonyl (C=O) groups excluding carboxylic acids is 1. The van der Waals surface area contributed by atoms with Crippen molar-refractivity contribution in [2.24, 2.45) is 0 Å². The van der Waals surface area contributed by atoms with Gasteiger partial charge in [-0.15, -0.1) is 0 Å². The first-order chi connectivity index (χ1) is 16.0. The van der Waals surface area contributed by atoms with Crippen molar-refractivity contribution in [3.63, 3.8) is 0 Å². The molecule has 0 saturated carbocycles. The summed E-state index contributed by atoms with van der Waals surface area (Å²) in [5.41, 5.74) is 2.34. The van der Waals surface area contributed by atoms with Gasteiger partial charge in [-0.3, -0.25) is 4.79 Å². The summed E-state index contributed by atoms with van der Waals surface area (Å²) in [6, 6.07) is 22.2. The van der Waals surface area contributed by atoms with Crippen LogP contribution in [-0.4, -0.2) is 31.7 Å². The number of carbonyl (C=O) groups is 1. The molecule has 7 nitrogen and oxygen atoms in total. The minimum absolute atomic E-state index is 0.191. The summed E-state index contributed by atoms with van der Waals surface area (Å²) in [6.07, 6.45) is 1.74. The maximum absolute atomic E-state index is 12.7. The third-order valence-corrected chi connectivity index (χ3v) is 7.29. The number of ether oxygens (including phenoxy) is 1. The molecule has 1 aliphatic rings. The topological polar surface area (TPSA) is 99.5 Å². The molecule has 3 aromatic carbocycles. The lowest BCUT2D eigenvalue weighted by Crippen LogP contribution is -2.27. The minimum atomic E-state index is -3.51. The fourth-order valence-electron chi connectivity index (χ4n) is 3.62. The van der Waals surface area contributed by atoms with Crippen LogP contribution in [0.2, 0.25) is 0 Å². The quantitative estimate of drug-likeness (QED) is 0.569. The van der Waals surface area contributed by atoms with Gasteiger partial charge in [0.15, 0.2) is 0 Å². The van der Waals surface area contributed by atoms with Gasteiger partial charge in [-0.2, -0.15) is 9.57 Å². The number of anilines is 1. The van der Waals surface area contributed by atoms with Gasteiger partial charge < -0.3 is 10.1 Å². The van der Waals surface area contributed by atoms with Gasteiger partial charge in [0.2, 0.25) is 10.0 Å². The number of amides is 1. The average molecular weight is 462 g/mol. The van der Waals surface area contributed by atoms with E-state index in [1.807, 2.05) is 6.07 Å². The monoisotopic (exact) mass is 461 g/mol. The Morgan fingerprint density at radius 3 is 2.45 bits per heavy atom. The number of nitrogens with zero attached hydrogens (tertiary/aromatic N) is 2. The smallest absolute Gasteiger partial charge is 0.255 e. The Bertz CT molecular complexity index is 1290. The highest BCUT2D eigenvalue weighted by molar-refractivity contribution is 7.89. The Morgan fingerprint density at radius 1 is 1.00 bits per heavy atom. The highest BCUT2D eigenvalue weighted by Crippen LogP contribution is 2.22. The van der Waals surface area contributed by atoms with Gasteiger partial charge in [0.05, 0.1) is 16.5 Å². The number of nitrogens with one attached hydrogen (secondary N) is 1. The number of sulfonamides is 1. The second-order valence-corrected chi connectivity index (χ2v) is 9.66. The molecule has 0 bridgehead atoms. The van der Waals surface area contributed by atoms with Gasteiger partial charge in [0.1, 0.15) is 12.4 Å². The van der Waals surface area contributed by atoms with Crippen molar-refractivity contribution in [1.82, 2.24) is 4.31 Å². The molecule has 33 heavy (non-hydrogen) atoms. The van der Waals surface area contributed by atoms with Crippen LogP contribution in [-0.2, 0) is 16.6 Å². The molecule has 1 N–H and O–H groups in total. The Kier molecular flexibility index (Phi) is 6.73. The lowest BCUT2D eigenvalue weighted by atomic mass is 10.1. The van der Waals surface area contributed by atoms with E-state index >= 15 is 0 Å². The molecule has 0 aliphatic carbocycles. The van der Waals surface area contributed by atoms with Gasteiger partial charge >= 0.3 is 0 Å². The zero-order valence-corrected chi connectivity index (χ0v) is 18.7. The summed E-state index contributed by atoms with van der Waals surface area (Å²) >= 11 is 0. The lowest BCUT2D eigenvalue weighted by molar-refractivity contribution is 0.102. The Balaban J connectivity index is 1.39. The number of nitriles is 1. The van der Waals surface area contributed by atoms with Crippen LogP contribution < -0.4 is 10.1 Å². The first kappa shape index (κ1) is 22.5. The van der Waals surface area contributed by atoms with E-state index in [1.165, 1.54) is 28.6 Å². The van der Waals surface area contributed by atoms with Crippen molar-refractivity contribution in [2.75, 3.05) is 18.4 Å². The molecule has 0 aromatic heterocycles. The highest BCUT2D eigenvalue weighted by Gasteiger charge is 2.27. The van der Waals surface area contributed by atoms with E-state index in [-0.39, 0.29) is 10.8 Å². The highest BCUT2D eigenvalue weighted by atomic mass is 32.2. The Hall–Kier alpha value is -3.67. The van der Waals surface area contributed by atoms with Gasteiger partial charge in [-0.25, -0.2) is 8.42 Å². The zero-order valence-electron chi connectivity index (χ0n) is 17.9. The molecule has 168 valence electrons. The maximum Gasteiger partial charge on any atom is 0.255 e. The molecule has 1 fully saturated rings. The standard InChI is InChI=1S/C25H23N3O4S/c26-17-19-5-3-6-20(15-19)18-32-23-8-4-7-22(16-23)27-25(29)21-9-11-24(12-10-21)33(30,31)28-13-1-2-14-28/h3-12,15-16H,1-2,13-14,18H2,(H,27,29). The molecular weight excluding hydrogens is 438 g/mol. The number of hydrogen-bond donors (Lipinski definition) is 1. The van der Waals surface area contributed by atoms with E-state index in [4.69, 9.17) is 10.00 Å². The average Bonchev–Trinajstić information content (AvgIpc) is 3.39. The molecule has 4 rings (SSSR count). The molecule has 1 saturated heterocycles. The van der Waals surface area contributed by atoms with Crippen LogP contribution in [0.5, 0.6) is 5.75 Å². The number of rotatable bonds is 7. The summed E-state index contributed by atoms with van der Waals surface area (Å²) in [5.74, 6) is 0.223. The molecular formula is C25H23N3O4S. The maximum atomic E-state index is 12.7. The molecule has 0 atom stereocenters. The summed E-state index contributed by atoms with van der Waals surface area (Å²) < 4.78 is 32.5. The van der Waals surface area contributed by atoms with E-state index in [0.29, 0.717) is 42.3 Å². The number of hydrogen-bond acceptors (Lipinski definition) is 5. The first-order valence-electron chi connectivity index (χ1n) is 10.6. The van der Waals surface area contributed by atoms with Gasteiger partial charge in [0.25, 0.3) is 5.91 Å². The third kappa shape index (κ3) is 5.40. The molecule has 0 radical (unpaired) electrons. The van der Waals surface area contributed by atoms with Crippen molar-refractivity contribution < 1.29 is 17.9 Å². The summed E-state index contributed by atoms with van der Waals surface area (Å²) in [6.45, 7) is 1.36. The largest absolute Gasteiger partial charge is 0.489 e. The van der Waals surface area contributed by atoms with Crippen LogP contribution in [0.1, 0.15) is 34.3 Å². The van der Waals surface area contributed by atoms with Crippen LogP contribution in [0.25, 0.3) is 0 Å². The predicted octanol–water partition coefficient (Wildman–Crippen LogP) is 4.17. The SMILES string of the molecule is N#Cc1cccc(COc2cccc(NC(=O)c3ccc(S(=O)(=O)N4CCCC4)cc3)c2)c1. The normalized spacial score (nSPS) is 13.9. The minimum Gasteiger partial charge on any atom is -0.489 e. The fourth-order valence-corrected chi connectivity index (χ4v) is 5.14. The van der Waals surface area contributed by atoms with Gasteiger partial charge in [0, 0.05) is 30.4 Å². The molecule has 1 amide bonds. The van der Waals surface area contributed by atoms with E-state index in [9.17, 15) is 13.2 Å². The Labute approximate surface area is 193 Å². The first-order valence-corrected chi connectivity index (χ1v) is 12.0. The molecule has 1 aliphatic heterocycles. The van der Waals surface area contributed by atoms with Crippen LogP contribution in [0.4, 0.5) is 5.69 Å². The van der Waals surface area contributed by atoms with Crippen molar-refractivity contribution in [2.45, 2.75) is 24.3 Å². The van der Waals surface area contributed by atoms with E-state index in [0.717, 1.165) is 18.4 Å². The van der Waals surface area contributed by atoms with E-state index < -0.39 is 10.0 Å². The van der Waals surface area contributed by atoms with Crippen molar-refractivity contribution in [3.8, 4) is 11.8 Å². The number of benzene rings is 3. The fraction of sp³-hybridized carbons (Fsp3) is 0.200. The predicted molar refractivity (Wildman–Crippen MR) is 124 cm³/mol. The van der Waals surface area contributed by atoms with Crippen LogP contribution in [0, 0.1) is 11.3 Å². The zero-order chi connectivity index (χ0) is 23.3. The lowest BCUT2D eigenvalue weighted by Gasteiger charge is -2.15. The molecule has 0 spiro atoms. The third-order valence-electron chi connectivity index (χ3n) is 5.37. The van der Waals surface area contributed by atoms with Crippen molar-refractivity contribution >= 4 is 21.6 Å². The second-order valence-electron chi connectivity index (χ2n) is 7.72. The van der Waals surface area contributed by atoms with Crippen LogP contribution in [0.15, 0.2) is 77.7 Å². The van der Waals surface area contributed by atoms with Crippen molar-refractivity contribution in [1.29, 1.82) is 5.26 Å². The summed E-state index contributed by atoms with van der Waals surface area (Å²) in [7, 11) is -3.51. The molecule has 0 unspecified atom stereocenters. The van der Waals surface area contributed by atoms with Crippen LogP contribution in [0.3, 0.4) is 0 Å². The van der Waals surface area contributed by atoms with E-state index in [1.54, 1.807) is 42.5 Å². The molecule has 3 aromatic rings. The van der Waals surface area contributed by atoms with Crippen LogP contribution >= 0.6 is 0 Å². The molecule has 1 heterocycles. The molecule has 8 heteroatoms. The van der Waals surface area contributed by atoms with Gasteiger partial charge in [-0.05, 0) is 66.9 Å². The van der Waals surface area contributed by atoms with Gasteiger partial charge in [-0.1, -0.05) is 18.2 Å². The van der Waals surface area contributed by atoms with Crippen molar-refractivity contribution in [3.05, 3.63) is 89.5 Å². The Morgan fingerprint density at radius 2 is 1.73 bits per heavy atom. The second kappa shape index (κ2) is 9.86.